The molecule has 6 rings (SSSR count). The summed E-state index contributed by atoms with van der Waals surface area (Å²) in [4.78, 5) is 29.9. The molecule has 0 saturated carbocycles. The predicted molar refractivity (Wildman–Crippen MR) is 135 cm³/mol. The number of anilines is 1. The Hall–Kier alpha value is -4.40. The number of nitrogens with one attached hydrogen (secondary N) is 2. The molecule has 4 heterocycles. The first-order valence-electron chi connectivity index (χ1n) is 12.1. The molecule has 2 aliphatic rings. The van der Waals surface area contributed by atoms with E-state index in [1.807, 2.05) is 60.8 Å². The SMILES string of the molecule is NC(=O)c1nnc2[nH]cc3c2c1-c1ccccc1NC3C1CCN(C(=O)OCc2ccccc2)CC1. The van der Waals surface area contributed by atoms with Crippen molar-refractivity contribution >= 4 is 28.7 Å². The lowest BCUT2D eigenvalue weighted by Crippen LogP contribution is -2.40. The molecule has 2 aromatic carbocycles. The third kappa shape index (κ3) is 3.82. The van der Waals surface area contributed by atoms with Crippen molar-refractivity contribution in [3.8, 4) is 11.1 Å². The zero-order chi connectivity index (χ0) is 24.6. The lowest BCUT2D eigenvalue weighted by atomic mass is 9.85. The van der Waals surface area contributed by atoms with Crippen molar-refractivity contribution < 1.29 is 14.3 Å². The number of carbonyl (C=O) groups excluding carboxylic acids is 2. The van der Waals surface area contributed by atoms with Gasteiger partial charge in [0.15, 0.2) is 11.3 Å². The Bertz CT molecular complexity index is 1440. The van der Waals surface area contributed by atoms with Crippen molar-refractivity contribution in [3.63, 3.8) is 0 Å². The van der Waals surface area contributed by atoms with E-state index in [1.54, 1.807) is 4.90 Å². The van der Waals surface area contributed by atoms with Crippen LogP contribution < -0.4 is 11.1 Å². The third-order valence-electron chi connectivity index (χ3n) is 7.18. The maximum Gasteiger partial charge on any atom is 0.410 e. The molecule has 4 N–H and O–H groups in total. The van der Waals surface area contributed by atoms with E-state index in [9.17, 15) is 9.59 Å². The van der Waals surface area contributed by atoms with Crippen LogP contribution in [0.5, 0.6) is 0 Å². The molecule has 2 amide bonds. The first-order chi connectivity index (χ1) is 17.6. The van der Waals surface area contributed by atoms with E-state index in [0.29, 0.717) is 24.3 Å². The molecule has 1 saturated heterocycles. The van der Waals surface area contributed by atoms with E-state index in [4.69, 9.17) is 10.5 Å². The maximum absolute atomic E-state index is 12.7. The van der Waals surface area contributed by atoms with Crippen LogP contribution in [0.3, 0.4) is 0 Å². The second kappa shape index (κ2) is 8.99. The number of aromatic amines is 1. The zero-order valence-electron chi connectivity index (χ0n) is 19.6. The number of nitrogens with zero attached hydrogens (tertiary/aromatic N) is 3. The van der Waals surface area contributed by atoms with Gasteiger partial charge in [-0.25, -0.2) is 4.79 Å². The Morgan fingerprint density at radius 2 is 1.78 bits per heavy atom. The van der Waals surface area contributed by atoms with Crippen LogP contribution in [0.1, 0.15) is 40.5 Å². The van der Waals surface area contributed by atoms with Crippen molar-refractivity contribution in [1.29, 1.82) is 0 Å². The molecule has 1 atom stereocenters. The van der Waals surface area contributed by atoms with E-state index >= 15 is 0 Å². The van der Waals surface area contributed by atoms with Gasteiger partial charge in [0.2, 0.25) is 0 Å². The number of aromatic nitrogens is 3. The van der Waals surface area contributed by atoms with Crippen LogP contribution in [0.25, 0.3) is 22.2 Å². The van der Waals surface area contributed by atoms with Crippen molar-refractivity contribution in [3.05, 3.63) is 77.6 Å². The van der Waals surface area contributed by atoms with E-state index in [1.165, 1.54) is 0 Å². The molecule has 0 spiro atoms. The number of para-hydroxylation sites is 1. The van der Waals surface area contributed by atoms with Gasteiger partial charge in [-0.2, -0.15) is 0 Å². The maximum atomic E-state index is 12.7. The number of ether oxygens (including phenoxy) is 1. The van der Waals surface area contributed by atoms with Gasteiger partial charge in [-0.3, -0.25) is 4.79 Å². The average Bonchev–Trinajstić information content (AvgIpc) is 3.28. The summed E-state index contributed by atoms with van der Waals surface area (Å²) < 4.78 is 5.54. The number of hydrogen-bond acceptors (Lipinski definition) is 6. The molecule has 182 valence electrons. The molecule has 2 aliphatic heterocycles. The fourth-order valence-corrected chi connectivity index (χ4v) is 5.39. The standard InChI is InChI=1S/C27H26N6O3/c28-25(34)24-21-18-8-4-5-9-20(18)30-23(19-14-29-26(22(19)21)32-31-24)17-10-12-33(13-11-17)27(35)36-15-16-6-2-1-3-7-16/h1-9,14,17,23,30H,10-13,15H2,(H2,28,34)(H,29,32). The Labute approximate surface area is 207 Å². The van der Waals surface area contributed by atoms with E-state index in [2.05, 4.69) is 20.5 Å². The topological polar surface area (TPSA) is 126 Å². The summed E-state index contributed by atoms with van der Waals surface area (Å²) in [5.74, 6) is -0.353. The molecule has 0 bridgehead atoms. The summed E-state index contributed by atoms with van der Waals surface area (Å²) in [7, 11) is 0. The minimum atomic E-state index is -0.609. The number of nitrogens with two attached hydrogens (primary N) is 1. The van der Waals surface area contributed by atoms with Crippen molar-refractivity contribution in [1.82, 2.24) is 20.1 Å². The normalized spacial score (nSPS) is 17.2. The number of amides is 2. The molecular weight excluding hydrogens is 456 g/mol. The highest BCUT2D eigenvalue weighted by Crippen LogP contribution is 2.46. The summed E-state index contributed by atoms with van der Waals surface area (Å²) in [6.07, 6.45) is 3.28. The van der Waals surface area contributed by atoms with Gasteiger partial charge in [0.05, 0.1) is 6.04 Å². The molecule has 9 nitrogen and oxygen atoms in total. The molecule has 36 heavy (non-hydrogen) atoms. The van der Waals surface area contributed by atoms with Gasteiger partial charge in [0, 0.05) is 47.1 Å². The summed E-state index contributed by atoms with van der Waals surface area (Å²) >= 11 is 0. The number of benzene rings is 2. The van der Waals surface area contributed by atoms with Crippen LogP contribution in [-0.4, -0.2) is 45.2 Å². The number of hydrogen-bond donors (Lipinski definition) is 3. The zero-order valence-corrected chi connectivity index (χ0v) is 19.6. The number of fused-ring (bicyclic) bond motifs is 2. The summed E-state index contributed by atoms with van der Waals surface area (Å²) in [6, 6.07) is 17.5. The van der Waals surface area contributed by atoms with E-state index in [0.717, 1.165) is 40.6 Å². The molecule has 9 heteroatoms. The van der Waals surface area contributed by atoms with Crippen LogP contribution in [0.4, 0.5) is 10.5 Å². The summed E-state index contributed by atoms with van der Waals surface area (Å²) in [5.41, 5.74) is 11.0. The highest BCUT2D eigenvalue weighted by atomic mass is 16.6. The summed E-state index contributed by atoms with van der Waals surface area (Å²) in [5, 5.41) is 12.9. The molecule has 1 unspecified atom stereocenters. The highest BCUT2D eigenvalue weighted by Gasteiger charge is 2.35. The first kappa shape index (κ1) is 22.1. The Morgan fingerprint density at radius 1 is 1.03 bits per heavy atom. The molecule has 4 aromatic rings. The van der Waals surface area contributed by atoms with Gasteiger partial charge in [-0.1, -0.05) is 48.5 Å². The first-order valence-corrected chi connectivity index (χ1v) is 12.1. The Balaban J connectivity index is 1.26. The van der Waals surface area contributed by atoms with Crippen LogP contribution in [0, 0.1) is 5.92 Å². The van der Waals surface area contributed by atoms with Gasteiger partial charge >= 0.3 is 6.09 Å². The fourth-order valence-electron chi connectivity index (χ4n) is 5.39. The number of rotatable bonds is 4. The number of primary amides is 1. The van der Waals surface area contributed by atoms with Crippen LogP contribution >= 0.6 is 0 Å². The van der Waals surface area contributed by atoms with Gasteiger partial charge in [0.1, 0.15) is 6.61 Å². The lowest BCUT2D eigenvalue weighted by Gasteiger charge is -2.36. The largest absolute Gasteiger partial charge is 0.445 e. The second-order valence-electron chi connectivity index (χ2n) is 9.29. The van der Waals surface area contributed by atoms with Crippen molar-refractivity contribution in [2.24, 2.45) is 11.7 Å². The molecule has 0 aliphatic carbocycles. The van der Waals surface area contributed by atoms with Gasteiger partial charge in [-0.05, 0) is 30.4 Å². The predicted octanol–water partition coefficient (Wildman–Crippen LogP) is 4.24. The minimum Gasteiger partial charge on any atom is -0.445 e. The Kier molecular flexibility index (Phi) is 5.52. The highest BCUT2D eigenvalue weighted by molar-refractivity contribution is 6.10. The number of carbonyl (C=O) groups is 2. The average molecular weight is 483 g/mol. The molecular formula is C27H26N6O3. The summed E-state index contributed by atoms with van der Waals surface area (Å²) in [6.45, 7) is 1.49. The molecule has 1 fully saturated rings. The second-order valence-corrected chi connectivity index (χ2v) is 9.29. The third-order valence-corrected chi connectivity index (χ3v) is 7.18. The van der Waals surface area contributed by atoms with Crippen LogP contribution in [0.15, 0.2) is 60.8 Å². The van der Waals surface area contributed by atoms with Gasteiger partial charge in [-0.15, -0.1) is 10.2 Å². The Morgan fingerprint density at radius 3 is 2.56 bits per heavy atom. The van der Waals surface area contributed by atoms with Crippen molar-refractivity contribution in [2.75, 3.05) is 18.4 Å². The molecule has 0 radical (unpaired) electrons. The number of piperidine rings is 1. The molecule has 2 aromatic heterocycles. The smallest absolute Gasteiger partial charge is 0.410 e. The van der Waals surface area contributed by atoms with Crippen LogP contribution in [-0.2, 0) is 11.3 Å². The number of H-pyrrole nitrogens is 1. The van der Waals surface area contributed by atoms with Crippen LogP contribution in [0.2, 0.25) is 0 Å². The van der Waals surface area contributed by atoms with Gasteiger partial charge < -0.3 is 25.7 Å². The quantitative estimate of drug-likeness (QED) is 0.399. The van der Waals surface area contributed by atoms with E-state index < -0.39 is 5.91 Å². The van der Waals surface area contributed by atoms with Crippen molar-refractivity contribution in [2.45, 2.75) is 25.5 Å². The monoisotopic (exact) mass is 482 g/mol. The number of likely N-dealkylation sites (tertiary alicyclic amines) is 1. The van der Waals surface area contributed by atoms with Gasteiger partial charge in [0.25, 0.3) is 5.91 Å². The van der Waals surface area contributed by atoms with E-state index in [-0.39, 0.29) is 30.4 Å². The lowest BCUT2D eigenvalue weighted by molar-refractivity contribution is 0.0805. The fraction of sp³-hybridized carbons (Fsp3) is 0.259. The minimum absolute atomic E-state index is 0.0337.